The molecule has 1 amide bonds. The Balaban J connectivity index is 1.19. The lowest BCUT2D eigenvalue weighted by atomic mass is 10.1. The molecule has 0 aliphatic carbocycles. The maximum atomic E-state index is 12.5. The standard InChI is InChI=1S/C22H18N2O5/c25-22(15-2-8-19-21(10-15)29-13-27-19)24-17-5-3-16(4-6-17)23-11-14-1-7-18-20(9-14)28-12-26-18/h1-10,23H,11-13H2,(H,24,25). The molecule has 0 fully saturated rings. The number of carbonyl (C=O) groups is 1. The quantitative estimate of drug-likeness (QED) is 0.686. The Morgan fingerprint density at radius 3 is 2.10 bits per heavy atom. The summed E-state index contributed by atoms with van der Waals surface area (Å²) in [6.45, 7) is 1.10. The van der Waals surface area contributed by atoms with Crippen LogP contribution in [0.25, 0.3) is 0 Å². The molecule has 0 bridgehead atoms. The van der Waals surface area contributed by atoms with Crippen molar-refractivity contribution >= 4 is 17.3 Å². The van der Waals surface area contributed by atoms with E-state index in [2.05, 4.69) is 10.6 Å². The van der Waals surface area contributed by atoms with E-state index >= 15 is 0 Å². The van der Waals surface area contributed by atoms with Crippen molar-refractivity contribution in [3.05, 3.63) is 71.8 Å². The molecule has 2 heterocycles. The van der Waals surface area contributed by atoms with Gasteiger partial charge in [0.15, 0.2) is 23.0 Å². The van der Waals surface area contributed by atoms with E-state index in [-0.39, 0.29) is 19.5 Å². The Labute approximate surface area is 167 Å². The molecule has 0 aromatic heterocycles. The van der Waals surface area contributed by atoms with Crippen molar-refractivity contribution in [2.24, 2.45) is 0 Å². The molecule has 0 spiro atoms. The summed E-state index contributed by atoms with van der Waals surface area (Å²) in [6, 6.07) is 18.6. The summed E-state index contributed by atoms with van der Waals surface area (Å²) in [5, 5.41) is 6.24. The number of hydrogen-bond acceptors (Lipinski definition) is 6. The van der Waals surface area contributed by atoms with Crippen LogP contribution < -0.4 is 29.6 Å². The first-order chi connectivity index (χ1) is 14.2. The molecular weight excluding hydrogens is 372 g/mol. The Morgan fingerprint density at radius 1 is 0.724 bits per heavy atom. The lowest BCUT2D eigenvalue weighted by molar-refractivity contribution is 0.102. The second-order valence-electron chi connectivity index (χ2n) is 6.64. The zero-order valence-corrected chi connectivity index (χ0v) is 15.4. The number of anilines is 2. The van der Waals surface area contributed by atoms with Crippen LogP contribution in [0.2, 0.25) is 0 Å². The SMILES string of the molecule is O=C(Nc1ccc(NCc2ccc3c(c2)OCO3)cc1)c1ccc2c(c1)OCO2. The third kappa shape index (κ3) is 3.62. The van der Waals surface area contributed by atoms with Gasteiger partial charge >= 0.3 is 0 Å². The van der Waals surface area contributed by atoms with Crippen LogP contribution in [0.4, 0.5) is 11.4 Å². The van der Waals surface area contributed by atoms with Crippen LogP contribution in [-0.2, 0) is 6.54 Å². The fourth-order valence-corrected chi connectivity index (χ4v) is 3.17. The zero-order chi connectivity index (χ0) is 19.6. The van der Waals surface area contributed by atoms with E-state index in [1.807, 2.05) is 42.5 Å². The van der Waals surface area contributed by atoms with Crippen molar-refractivity contribution in [1.29, 1.82) is 0 Å². The number of nitrogens with one attached hydrogen (secondary N) is 2. The fourth-order valence-electron chi connectivity index (χ4n) is 3.17. The minimum absolute atomic E-state index is 0.182. The third-order valence-corrected chi connectivity index (χ3v) is 4.71. The van der Waals surface area contributed by atoms with Crippen molar-refractivity contribution in [3.63, 3.8) is 0 Å². The maximum absolute atomic E-state index is 12.5. The van der Waals surface area contributed by atoms with Gasteiger partial charge in [-0.2, -0.15) is 0 Å². The molecule has 2 aliphatic rings. The first-order valence-corrected chi connectivity index (χ1v) is 9.18. The second-order valence-corrected chi connectivity index (χ2v) is 6.64. The lowest BCUT2D eigenvalue weighted by Gasteiger charge is -2.10. The van der Waals surface area contributed by atoms with Crippen LogP contribution in [0.1, 0.15) is 15.9 Å². The minimum Gasteiger partial charge on any atom is -0.454 e. The van der Waals surface area contributed by atoms with E-state index in [4.69, 9.17) is 18.9 Å². The Bertz CT molecular complexity index is 1070. The first kappa shape index (κ1) is 17.2. The molecular formula is C22H18N2O5. The number of ether oxygens (including phenoxy) is 4. The summed E-state index contributed by atoms with van der Waals surface area (Å²) in [5.74, 6) is 2.58. The van der Waals surface area contributed by atoms with E-state index in [0.29, 0.717) is 29.3 Å². The number of carbonyl (C=O) groups excluding carboxylic acids is 1. The highest BCUT2D eigenvalue weighted by molar-refractivity contribution is 6.04. The molecule has 0 radical (unpaired) electrons. The van der Waals surface area contributed by atoms with Gasteiger partial charge in [0.05, 0.1) is 0 Å². The van der Waals surface area contributed by atoms with Gasteiger partial charge in [-0.3, -0.25) is 4.79 Å². The van der Waals surface area contributed by atoms with Gasteiger partial charge in [0.2, 0.25) is 13.6 Å². The summed E-state index contributed by atoms with van der Waals surface area (Å²) in [5.41, 5.74) is 3.26. The van der Waals surface area contributed by atoms with E-state index in [1.165, 1.54) is 0 Å². The molecule has 0 atom stereocenters. The van der Waals surface area contributed by atoms with Crippen LogP contribution >= 0.6 is 0 Å². The van der Waals surface area contributed by atoms with Crippen LogP contribution in [-0.4, -0.2) is 19.5 Å². The van der Waals surface area contributed by atoms with Crippen molar-refractivity contribution in [2.45, 2.75) is 6.54 Å². The zero-order valence-electron chi connectivity index (χ0n) is 15.4. The molecule has 0 unspecified atom stereocenters. The highest BCUT2D eigenvalue weighted by atomic mass is 16.7. The summed E-state index contributed by atoms with van der Waals surface area (Å²) in [4.78, 5) is 12.5. The molecule has 7 heteroatoms. The molecule has 2 aliphatic heterocycles. The van der Waals surface area contributed by atoms with Gasteiger partial charge in [0.1, 0.15) is 0 Å². The van der Waals surface area contributed by atoms with Crippen LogP contribution in [0.5, 0.6) is 23.0 Å². The van der Waals surface area contributed by atoms with Crippen LogP contribution in [0.15, 0.2) is 60.7 Å². The summed E-state index contributed by atoms with van der Waals surface area (Å²) in [7, 11) is 0. The predicted octanol–water partition coefficient (Wildman–Crippen LogP) is 4.01. The number of rotatable bonds is 5. The normalized spacial score (nSPS) is 13.2. The van der Waals surface area contributed by atoms with E-state index < -0.39 is 0 Å². The molecule has 3 aromatic rings. The van der Waals surface area contributed by atoms with Gasteiger partial charge in [-0.05, 0) is 60.2 Å². The van der Waals surface area contributed by atoms with Crippen molar-refractivity contribution in [3.8, 4) is 23.0 Å². The van der Waals surface area contributed by atoms with Crippen molar-refractivity contribution in [1.82, 2.24) is 0 Å². The molecule has 5 rings (SSSR count). The number of benzene rings is 3. The average molecular weight is 390 g/mol. The average Bonchev–Trinajstić information content (AvgIpc) is 3.41. The van der Waals surface area contributed by atoms with E-state index in [1.54, 1.807) is 18.2 Å². The van der Waals surface area contributed by atoms with Gasteiger partial charge in [-0.25, -0.2) is 0 Å². The third-order valence-electron chi connectivity index (χ3n) is 4.71. The maximum Gasteiger partial charge on any atom is 0.255 e. The van der Waals surface area contributed by atoms with Crippen LogP contribution in [0.3, 0.4) is 0 Å². The van der Waals surface area contributed by atoms with Crippen molar-refractivity contribution < 1.29 is 23.7 Å². The van der Waals surface area contributed by atoms with Gasteiger partial charge in [-0.15, -0.1) is 0 Å². The molecule has 0 saturated heterocycles. The molecule has 2 N–H and O–H groups in total. The van der Waals surface area contributed by atoms with Crippen molar-refractivity contribution in [2.75, 3.05) is 24.2 Å². The molecule has 0 saturated carbocycles. The van der Waals surface area contributed by atoms with Gasteiger partial charge in [0.25, 0.3) is 5.91 Å². The number of fused-ring (bicyclic) bond motifs is 2. The van der Waals surface area contributed by atoms with Gasteiger partial charge in [0, 0.05) is 23.5 Å². The summed E-state index contributed by atoms with van der Waals surface area (Å²) < 4.78 is 21.3. The Kier molecular flexibility index (Phi) is 4.32. The van der Waals surface area contributed by atoms with E-state index in [0.717, 1.165) is 22.7 Å². The Morgan fingerprint density at radius 2 is 1.34 bits per heavy atom. The smallest absolute Gasteiger partial charge is 0.255 e. The number of hydrogen-bond donors (Lipinski definition) is 2. The van der Waals surface area contributed by atoms with Gasteiger partial charge in [-0.1, -0.05) is 6.07 Å². The minimum atomic E-state index is -0.204. The number of amides is 1. The fraction of sp³-hybridized carbons (Fsp3) is 0.136. The molecule has 146 valence electrons. The predicted molar refractivity (Wildman–Crippen MR) is 107 cm³/mol. The lowest BCUT2D eigenvalue weighted by Crippen LogP contribution is -2.11. The highest BCUT2D eigenvalue weighted by Crippen LogP contribution is 2.33. The van der Waals surface area contributed by atoms with E-state index in [9.17, 15) is 4.79 Å². The van der Waals surface area contributed by atoms with Gasteiger partial charge < -0.3 is 29.6 Å². The molecule has 7 nitrogen and oxygen atoms in total. The summed E-state index contributed by atoms with van der Waals surface area (Å²) >= 11 is 0. The highest BCUT2D eigenvalue weighted by Gasteiger charge is 2.16. The monoisotopic (exact) mass is 390 g/mol. The largest absolute Gasteiger partial charge is 0.454 e. The Hall–Kier alpha value is -3.87. The second kappa shape index (κ2) is 7.27. The molecule has 29 heavy (non-hydrogen) atoms. The summed E-state index contributed by atoms with van der Waals surface area (Å²) in [6.07, 6.45) is 0. The van der Waals surface area contributed by atoms with Crippen LogP contribution in [0, 0.1) is 0 Å². The topological polar surface area (TPSA) is 78.1 Å². The first-order valence-electron chi connectivity index (χ1n) is 9.18. The molecule has 3 aromatic carbocycles.